The highest BCUT2D eigenvalue weighted by molar-refractivity contribution is 6.09. The van der Waals surface area contributed by atoms with Crippen molar-refractivity contribution in [2.45, 2.75) is 51.6 Å². The second-order valence-corrected chi connectivity index (χ2v) is 8.50. The Balaban J connectivity index is 2.00. The van der Waals surface area contributed by atoms with E-state index in [-0.39, 0.29) is 17.7 Å². The molecule has 1 aromatic rings. The van der Waals surface area contributed by atoms with Crippen LogP contribution in [0.5, 0.6) is 0 Å². The van der Waals surface area contributed by atoms with Crippen molar-refractivity contribution in [1.82, 2.24) is 10.2 Å². The van der Waals surface area contributed by atoms with Gasteiger partial charge in [0, 0.05) is 12.6 Å². The first-order chi connectivity index (χ1) is 13.8. The zero-order valence-corrected chi connectivity index (χ0v) is 17.3. The minimum absolute atomic E-state index is 0.0590. The number of imide groups is 1. The molecule has 29 heavy (non-hydrogen) atoms. The topological polar surface area (TPSA) is 86.7 Å². The van der Waals surface area contributed by atoms with Gasteiger partial charge < -0.3 is 5.11 Å². The molecule has 0 saturated carbocycles. The van der Waals surface area contributed by atoms with Gasteiger partial charge in [0.25, 0.3) is 0 Å². The van der Waals surface area contributed by atoms with Crippen LogP contribution in [0.4, 0.5) is 0 Å². The molecule has 6 nitrogen and oxygen atoms in total. The molecule has 4 unspecified atom stereocenters. The Bertz CT molecular complexity index is 804. The van der Waals surface area contributed by atoms with Gasteiger partial charge in [-0.05, 0) is 24.3 Å². The second-order valence-electron chi connectivity index (χ2n) is 8.50. The van der Waals surface area contributed by atoms with E-state index in [1.807, 2.05) is 63.3 Å². The fraction of sp³-hybridized carbons (Fsp3) is 0.522. The van der Waals surface area contributed by atoms with Gasteiger partial charge in [-0.25, -0.2) is 0 Å². The molecule has 2 aliphatic rings. The molecule has 2 heterocycles. The fourth-order valence-corrected chi connectivity index (χ4v) is 4.70. The molecule has 6 heteroatoms. The summed E-state index contributed by atoms with van der Waals surface area (Å²) in [6.45, 7) is 6.22. The van der Waals surface area contributed by atoms with E-state index in [9.17, 15) is 19.5 Å². The summed E-state index contributed by atoms with van der Waals surface area (Å²) in [7, 11) is 0. The number of hydrogen-bond acceptors (Lipinski definition) is 4. The number of unbranched alkanes of at least 4 members (excludes halogenated alkanes) is 1. The molecule has 0 bridgehead atoms. The Labute approximate surface area is 172 Å². The highest BCUT2D eigenvalue weighted by Crippen LogP contribution is 2.46. The lowest BCUT2D eigenvalue weighted by atomic mass is 9.75. The number of likely N-dealkylation sites (tertiary alicyclic amines) is 1. The highest BCUT2D eigenvalue weighted by atomic mass is 16.4. The van der Waals surface area contributed by atoms with E-state index >= 15 is 0 Å². The molecule has 1 aromatic carbocycles. The summed E-state index contributed by atoms with van der Waals surface area (Å²) in [4.78, 5) is 40.1. The number of carboxylic acid groups (broad SMARTS) is 1. The number of amides is 2. The van der Waals surface area contributed by atoms with Crippen LogP contribution in [0.1, 0.15) is 45.6 Å². The number of fused-ring (bicyclic) bond motifs is 1. The summed E-state index contributed by atoms with van der Waals surface area (Å²) >= 11 is 0. The molecule has 2 saturated heterocycles. The number of rotatable bonds is 8. The standard InChI is InChI=1S/C23H30N2O4/c1-4-5-13-25-20(26)18-17(12-11-16-9-7-6-8-10-16)24-23(22(28)29,14-15(2)3)19(18)21(25)27/h6-12,15,17-19,24H,4-5,13-14H2,1-3H3,(H,28,29)/b12-11+. The summed E-state index contributed by atoms with van der Waals surface area (Å²) in [5.74, 6) is -3.17. The molecule has 2 N–H and O–H groups in total. The summed E-state index contributed by atoms with van der Waals surface area (Å²) in [6.07, 6.45) is 5.60. The summed E-state index contributed by atoms with van der Waals surface area (Å²) in [5.41, 5.74) is -0.472. The second kappa shape index (κ2) is 8.49. The van der Waals surface area contributed by atoms with Crippen molar-refractivity contribution in [3.63, 3.8) is 0 Å². The molecule has 2 fully saturated rings. The lowest BCUT2D eigenvalue weighted by Crippen LogP contribution is -2.57. The van der Waals surface area contributed by atoms with Crippen molar-refractivity contribution < 1.29 is 19.5 Å². The average molecular weight is 399 g/mol. The quantitative estimate of drug-likeness (QED) is 0.658. The van der Waals surface area contributed by atoms with Crippen LogP contribution in [-0.2, 0) is 14.4 Å². The molecule has 0 radical (unpaired) electrons. The summed E-state index contributed by atoms with van der Waals surface area (Å²) in [6, 6.07) is 9.14. The van der Waals surface area contributed by atoms with E-state index < -0.39 is 29.4 Å². The fourth-order valence-electron chi connectivity index (χ4n) is 4.70. The Morgan fingerprint density at radius 1 is 1.24 bits per heavy atom. The number of carbonyl (C=O) groups is 3. The Hall–Kier alpha value is -2.47. The lowest BCUT2D eigenvalue weighted by Gasteiger charge is -2.32. The van der Waals surface area contributed by atoms with Crippen LogP contribution in [0.3, 0.4) is 0 Å². The first-order valence-electron chi connectivity index (χ1n) is 10.4. The number of carboxylic acids is 1. The maximum absolute atomic E-state index is 13.2. The van der Waals surface area contributed by atoms with Crippen molar-refractivity contribution in [3.05, 3.63) is 42.0 Å². The zero-order valence-electron chi connectivity index (χ0n) is 17.3. The molecule has 0 spiro atoms. The largest absolute Gasteiger partial charge is 0.480 e. The normalized spacial score (nSPS) is 29.2. The maximum atomic E-state index is 13.2. The van der Waals surface area contributed by atoms with E-state index in [1.165, 1.54) is 4.90 Å². The Morgan fingerprint density at radius 3 is 2.52 bits per heavy atom. The smallest absolute Gasteiger partial charge is 0.324 e. The number of hydrogen-bond donors (Lipinski definition) is 2. The van der Waals surface area contributed by atoms with Crippen molar-refractivity contribution in [2.75, 3.05) is 6.54 Å². The number of nitrogens with one attached hydrogen (secondary N) is 1. The van der Waals surface area contributed by atoms with Crippen molar-refractivity contribution in [1.29, 1.82) is 0 Å². The summed E-state index contributed by atoms with van der Waals surface area (Å²) < 4.78 is 0. The van der Waals surface area contributed by atoms with Gasteiger partial charge in [-0.1, -0.05) is 69.7 Å². The number of carbonyl (C=O) groups excluding carboxylic acids is 2. The van der Waals surface area contributed by atoms with E-state index in [2.05, 4.69) is 5.32 Å². The van der Waals surface area contributed by atoms with Gasteiger partial charge >= 0.3 is 5.97 Å². The van der Waals surface area contributed by atoms with Gasteiger partial charge in [0.05, 0.1) is 11.8 Å². The molecule has 156 valence electrons. The third kappa shape index (κ3) is 3.86. The Kier molecular flexibility index (Phi) is 6.22. The van der Waals surface area contributed by atoms with Crippen LogP contribution < -0.4 is 5.32 Å². The molecule has 0 aromatic heterocycles. The minimum Gasteiger partial charge on any atom is -0.480 e. The van der Waals surface area contributed by atoms with Gasteiger partial charge in [-0.15, -0.1) is 0 Å². The molecule has 0 aliphatic carbocycles. The molecular formula is C23H30N2O4. The van der Waals surface area contributed by atoms with E-state index in [4.69, 9.17) is 0 Å². The van der Waals surface area contributed by atoms with Gasteiger partial charge in [0.2, 0.25) is 11.8 Å². The molecular weight excluding hydrogens is 368 g/mol. The van der Waals surface area contributed by atoms with Crippen molar-refractivity contribution in [3.8, 4) is 0 Å². The average Bonchev–Trinajstić information content (AvgIpc) is 3.14. The number of aliphatic carboxylic acids is 1. The SMILES string of the molecule is CCCCN1C(=O)C2C(/C=C/c3ccccc3)NC(CC(C)C)(C(=O)O)C2C1=O. The van der Waals surface area contributed by atoms with E-state index in [1.54, 1.807) is 0 Å². The number of nitrogens with zero attached hydrogens (tertiary/aromatic N) is 1. The monoisotopic (exact) mass is 398 g/mol. The zero-order chi connectivity index (χ0) is 21.2. The highest BCUT2D eigenvalue weighted by Gasteiger charge is 2.67. The summed E-state index contributed by atoms with van der Waals surface area (Å²) in [5, 5.41) is 13.4. The van der Waals surface area contributed by atoms with Crippen LogP contribution in [0.2, 0.25) is 0 Å². The third-order valence-electron chi connectivity index (χ3n) is 5.93. The van der Waals surface area contributed by atoms with Crippen molar-refractivity contribution in [2.24, 2.45) is 17.8 Å². The third-order valence-corrected chi connectivity index (χ3v) is 5.93. The van der Waals surface area contributed by atoms with Gasteiger partial charge in [-0.2, -0.15) is 0 Å². The van der Waals surface area contributed by atoms with Gasteiger partial charge in [0.15, 0.2) is 0 Å². The van der Waals surface area contributed by atoms with E-state index in [0.717, 1.165) is 18.4 Å². The van der Waals surface area contributed by atoms with Crippen LogP contribution in [0.15, 0.2) is 36.4 Å². The van der Waals surface area contributed by atoms with Gasteiger partial charge in [-0.3, -0.25) is 24.6 Å². The predicted molar refractivity (Wildman–Crippen MR) is 111 cm³/mol. The minimum atomic E-state index is -1.43. The predicted octanol–water partition coefficient (Wildman–Crippen LogP) is 2.94. The van der Waals surface area contributed by atoms with Crippen LogP contribution >= 0.6 is 0 Å². The number of benzene rings is 1. The van der Waals surface area contributed by atoms with E-state index in [0.29, 0.717) is 13.0 Å². The maximum Gasteiger partial charge on any atom is 0.324 e. The van der Waals surface area contributed by atoms with Crippen molar-refractivity contribution >= 4 is 23.9 Å². The van der Waals surface area contributed by atoms with Crippen LogP contribution in [-0.4, -0.2) is 45.9 Å². The first-order valence-corrected chi connectivity index (χ1v) is 10.4. The molecule has 2 amide bonds. The molecule has 2 aliphatic heterocycles. The van der Waals surface area contributed by atoms with Gasteiger partial charge in [0.1, 0.15) is 5.54 Å². The van der Waals surface area contributed by atoms with Crippen LogP contribution in [0, 0.1) is 17.8 Å². The van der Waals surface area contributed by atoms with Crippen LogP contribution in [0.25, 0.3) is 6.08 Å². The Morgan fingerprint density at radius 2 is 1.93 bits per heavy atom. The first kappa shape index (κ1) is 21.2. The molecule has 4 atom stereocenters. The lowest BCUT2D eigenvalue weighted by molar-refractivity contribution is -0.152. The molecule has 3 rings (SSSR count).